The van der Waals surface area contributed by atoms with Crippen molar-refractivity contribution in [2.24, 2.45) is 0 Å². The van der Waals surface area contributed by atoms with E-state index in [1.165, 1.54) is 33.5 Å². The Morgan fingerprint density at radius 1 is 1.04 bits per heavy atom. The fourth-order valence-corrected chi connectivity index (χ4v) is 3.13. The largest absolute Gasteiger partial charge is 0.493 e. The molecular weight excluding hydrogens is 363 g/mol. The molecule has 0 N–H and O–H groups in total. The molecule has 6 heteroatoms. The third kappa shape index (κ3) is 3.81. The number of fused-ring (bicyclic) bond motifs is 1. The van der Waals surface area contributed by atoms with Crippen LogP contribution in [0.4, 0.5) is 4.39 Å². The third-order valence-corrected chi connectivity index (χ3v) is 4.53. The number of carbonyl (C=O) groups excluding carboxylic acids is 1. The van der Waals surface area contributed by atoms with Crippen molar-refractivity contribution >= 4 is 11.9 Å². The average molecular weight is 386 g/mol. The van der Waals surface area contributed by atoms with E-state index in [1.54, 1.807) is 12.1 Å². The Hall–Kier alpha value is -3.02. The molecule has 0 atom stereocenters. The van der Waals surface area contributed by atoms with Gasteiger partial charge in [0.1, 0.15) is 17.2 Å². The van der Waals surface area contributed by atoms with Crippen molar-refractivity contribution in [1.82, 2.24) is 0 Å². The van der Waals surface area contributed by atoms with Crippen LogP contribution >= 0.6 is 0 Å². The van der Waals surface area contributed by atoms with Crippen molar-refractivity contribution in [2.45, 2.75) is 25.9 Å². The van der Waals surface area contributed by atoms with Crippen LogP contribution in [0.5, 0.6) is 23.0 Å². The van der Waals surface area contributed by atoms with Gasteiger partial charge in [0, 0.05) is 18.1 Å². The van der Waals surface area contributed by atoms with Crippen LogP contribution in [0.3, 0.4) is 0 Å². The van der Waals surface area contributed by atoms with Crippen molar-refractivity contribution in [3.8, 4) is 23.0 Å². The number of Topliss-reactive ketones (excluding diaryl/α,β-unsaturated/α-hetero) is 1. The van der Waals surface area contributed by atoms with Crippen LogP contribution in [-0.4, -0.2) is 32.7 Å². The zero-order valence-corrected chi connectivity index (χ0v) is 16.6. The van der Waals surface area contributed by atoms with Gasteiger partial charge in [-0.2, -0.15) is 0 Å². The number of benzene rings is 2. The smallest absolute Gasteiger partial charge is 0.203 e. The summed E-state index contributed by atoms with van der Waals surface area (Å²) in [5, 5.41) is 0. The number of hydrogen-bond donors (Lipinski definition) is 0. The molecule has 5 nitrogen and oxygen atoms in total. The first-order valence-corrected chi connectivity index (χ1v) is 8.82. The molecule has 1 aliphatic rings. The predicted octanol–water partition coefficient (Wildman–Crippen LogP) is 4.46. The second-order valence-electron chi connectivity index (χ2n) is 7.04. The Bertz CT molecular complexity index is 921. The Morgan fingerprint density at radius 3 is 2.25 bits per heavy atom. The fraction of sp³-hybridized carbons (Fsp3) is 0.318. The highest BCUT2D eigenvalue weighted by atomic mass is 19.1. The van der Waals surface area contributed by atoms with Crippen molar-refractivity contribution in [2.75, 3.05) is 21.3 Å². The molecule has 0 saturated carbocycles. The van der Waals surface area contributed by atoms with Crippen molar-refractivity contribution in [3.63, 3.8) is 0 Å². The van der Waals surface area contributed by atoms with E-state index in [1.807, 2.05) is 26.0 Å². The molecule has 28 heavy (non-hydrogen) atoms. The van der Waals surface area contributed by atoms with E-state index in [0.717, 1.165) is 0 Å². The molecule has 2 aromatic carbocycles. The molecule has 0 amide bonds. The van der Waals surface area contributed by atoms with Gasteiger partial charge in [0.05, 0.1) is 26.9 Å². The molecule has 0 aromatic heterocycles. The summed E-state index contributed by atoms with van der Waals surface area (Å²) in [5.41, 5.74) is 0.806. The number of carbonyl (C=O) groups is 1. The SMILES string of the molecule is COc1cc(CC(=O)c2cc3c(cc2F)OC(C)(C)C=C3)cc(OC)c1OC. The van der Waals surface area contributed by atoms with Crippen LogP contribution in [0, 0.1) is 5.82 Å². The molecule has 0 saturated heterocycles. The van der Waals surface area contributed by atoms with Crippen molar-refractivity contribution < 1.29 is 28.1 Å². The van der Waals surface area contributed by atoms with Crippen molar-refractivity contribution in [3.05, 3.63) is 52.8 Å². The number of rotatable bonds is 6. The maximum absolute atomic E-state index is 14.6. The number of hydrogen-bond acceptors (Lipinski definition) is 5. The Kier molecular flexibility index (Phi) is 5.31. The Morgan fingerprint density at radius 2 is 1.68 bits per heavy atom. The normalized spacial score (nSPS) is 14.1. The van der Waals surface area contributed by atoms with Crippen LogP contribution in [0.15, 0.2) is 30.3 Å². The summed E-state index contributed by atoms with van der Waals surface area (Å²) >= 11 is 0. The zero-order chi connectivity index (χ0) is 20.5. The van der Waals surface area contributed by atoms with Gasteiger partial charge in [0.25, 0.3) is 0 Å². The lowest BCUT2D eigenvalue weighted by molar-refractivity contribution is 0.0988. The van der Waals surface area contributed by atoms with Crippen molar-refractivity contribution in [1.29, 1.82) is 0 Å². The Balaban J connectivity index is 1.92. The highest BCUT2D eigenvalue weighted by Gasteiger charge is 2.25. The van der Waals surface area contributed by atoms with E-state index in [9.17, 15) is 9.18 Å². The summed E-state index contributed by atoms with van der Waals surface area (Å²) in [6.07, 6.45) is 3.71. The molecule has 0 unspecified atom stereocenters. The second kappa shape index (κ2) is 7.54. The Labute approximate surface area is 163 Å². The highest BCUT2D eigenvalue weighted by Crippen LogP contribution is 2.39. The lowest BCUT2D eigenvalue weighted by Gasteiger charge is -2.28. The molecule has 0 fully saturated rings. The summed E-state index contributed by atoms with van der Waals surface area (Å²) in [6, 6.07) is 6.15. The van der Waals surface area contributed by atoms with Gasteiger partial charge in [0.2, 0.25) is 5.75 Å². The van der Waals surface area contributed by atoms with Gasteiger partial charge in [-0.25, -0.2) is 4.39 Å². The van der Waals surface area contributed by atoms with Gasteiger partial charge >= 0.3 is 0 Å². The van der Waals surface area contributed by atoms with Gasteiger partial charge in [-0.1, -0.05) is 6.08 Å². The van der Waals surface area contributed by atoms with Gasteiger partial charge in [-0.05, 0) is 43.7 Å². The maximum Gasteiger partial charge on any atom is 0.203 e. The lowest BCUT2D eigenvalue weighted by atomic mass is 9.96. The first-order valence-electron chi connectivity index (χ1n) is 8.82. The molecule has 1 aliphatic heterocycles. The molecule has 0 spiro atoms. The minimum Gasteiger partial charge on any atom is -0.493 e. The minimum absolute atomic E-state index is 0.0114. The van der Waals surface area contributed by atoms with Crippen LogP contribution in [0.2, 0.25) is 0 Å². The number of methoxy groups -OCH3 is 3. The number of ketones is 1. The van der Waals surface area contributed by atoms with E-state index >= 15 is 0 Å². The van der Waals surface area contributed by atoms with Crippen LogP contribution in [-0.2, 0) is 6.42 Å². The predicted molar refractivity (Wildman–Crippen MR) is 104 cm³/mol. The molecule has 1 heterocycles. The summed E-state index contributed by atoms with van der Waals surface area (Å²) < 4.78 is 36.3. The topological polar surface area (TPSA) is 54.0 Å². The van der Waals surface area contributed by atoms with E-state index in [-0.39, 0.29) is 17.8 Å². The lowest BCUT2D eigenvalue weighted by Crippen LogP contribution is -2.27. The van der Waals surface area contributed by atoms with Gasteiger partial charge in [-0.15, -0.1) is 0 Å². The minimum atomic E-state index is -0.609. The van der Waals surface area contributed by atoms with Gasteiger partial charge in [0.15, 0.2) is 17.3 Å². The molecular formula is C22H23FO5. The summed E-state index contributed by atoms with van der Waals surface area (Å²) in [7, 11) is 4.50. The van der Waals surface area contributed by atoms with Crippen LogP contribution in [0.1, 0.15) is 35.3 Å². The molecule has 0 aliphatic carbocycles. The molecule has 148 valence electrons. The van der Waals surface area contributed by atoms with Gasteiger partial charge < -0.3 is 18.9 Å². The molecule has 0 bridgehead atoms. The van der Waals surface area contributed by atoms with Crippen LogP contribution < -0.4 is 18.9 Å². The second-order valence-corrected chi connectivity index (χ2v) is 7.04. The summed E-state index contributed by atoms with van der Waals surface area (Å²) in [4.78, 5) is 12.8. The molecule has 0 radical (unpaired) electrons. The van der Waals surface area contributed by atoms with E-state index in [4.69, 9.17) is 18.9 Å². The van der Waals surface area contributed by atoms with E-state index in [0.29, 0.717) is 34.1 Å². The number of halogens is 1. The van der Waals surface area contributed by atoms with E-state index < -0.39 is 11.4 Å². The quantitative estimate of drug-likeness (QED) is 0.686. The average Bonchev–Trinajstić information content (AvgIpc) is 2.65. The number of ether oxygens (including phenoxy) is 4. The third-order valence-electron chi connectivity index (χ3n) is 4.53. The van der Waals surface area contributed by atoms with Gasteiger partial charge in [-0.3, -0.25) is 4.79 Å². The monoisotopic (exact) mass is 386 g/mol. The maximum atomic E-state index is 14.6. The molecule has 2 aromatic rings. The molecule has 3 rings (SSSR count). The zero-order valence-electron chi connectivity index (χ0n) is 16.6. The first kappa shape index (κ1) is 19.7. The van der Waals surface area contributed by atoms with E-state index in [2.05, 4.69) is 0 Å². The first-order chi connectivity index (χ1) is 13.3. The summed E-state index contributed by atoms with van der Waals surface area (Å²) in [6.45, 7) is 3.77. The summed E-state index contributed by atoms with van der Waals surface area (Å²) in [5.74, 6) is 0.777. The fourth-order valence-electron chi connectivity index (χ4n) is 3.13. The highest BCUT2D eigenvalue weighted by molar-refractivity contribution is 5.98. The standard InChI is InChI=1S/C22H23FO5/c1-22(2)7-6-14-11-15(16(23)12-18(14)28-22)17(24)8-13-9-19(25-3)21(27-5)20(10-13)26-4/h6-7,9-12H,8H2,1-5H3. The van der Waals surface area contributed by atoms with Crippen LogP contribution in [0.25, 0.3) is 6.08 Å².